The molecule has 0 bridgehead atoms. The topological polar surface area (TPSA) is 83.9 Å². The molecule has 0 aliphatic carbocycles. The molecule has 1 aromatic rings. The molecule has 1 rings (SSSR count). The Hall–Kier alpha value is -2.37. The maximum atomic E-state index is 12.0. The minimum Gasteiger partial charge on any atom is -0.497 e. The number of aliphatic carboxylic acids is 1. The standard InChI is InChI=1S/C15H19NO5/c1-3-16(10-15(19)20)14(18)9-8-13(17)11-4-6-12(21-2)7-5-11/h4-7H,3,8-10H2,1-2H3,(H,19,20). The van der Waals surface area contributed by atoms with E-state index in [9.17, 15) is 14.4 Å². The van der Waals surface area contributed by atoms with Crippen molar-refractivity contribution in [2.45, 2.75) is 19.8 Å². The summed E-state index contributed by atoms with van der Waals surface area (Å²) in [5, 5.41) is 8.70. The van der Waals surface area contributed by atoms with Crippen molar-refractivity contribution in [2.75, 3.05) is 20.2 Å². The highest BCUT2D eigenvalue weighted by Crippen LogP contribution is 2.13. The molecular formula is C15H19NO5. The van der Waals surface area contributed by atoms with Gasteiger partial charge in [0.15, 0.2) is 5.78 Å². The number of methoxy groups -OCH3 is 1. The largest absolute Gasteiger partial charge is 0.497 e. The van der Waals surface area contributed by atoms with Crippen LogP contribution in [0.4, 0.5) is 0 Å². The lowest BCUT2D eigenvalue weighted by Crippen LogP contribution is -2.35. The van der Waals surface area contributed by atoms with Gasteiger partial charge >= 0.3 is 5.97 Å². The Kier molecular flexibility index (Phi) is 6.39. The van der Waals surface area contributed by atoms with Gasteiger partial charge in [-0.15, -0.1) is 0 Å². The molecule has 21 heavy (non-hydrogen) atoms. The van der Waals surface area contributed by atoms with Crippen molar-refractivity contribution in [3.05, 3.63) is 29.8 Å². The number of carbonyl (C=O) groups is 3. The first kappa shape index (κ1) is 16.7. The Morgan fingerprint density at radius 2 is 1.76 bits per heavy atom. The van der Waals surface area contributed by atoms with Crippen LogP contribution in [0.5, 0.6) is 5.75 Å². The van der Waals surface area contributed by atoms with Crippen molar-refractivity contribution in [3.63, 3.8) is 0 Å². The number of benzene rings is 1. The second kappa shape index (κ2) is 8.04. The van der Waals surface area contributed by atoms with Gasteiger partial charge in [-0.3, -0.25) is 14.4 Å². The average Bonchev–Trinajstić information content (AvgIpc) is 2.49. The Morgan fingerprint density at radius 1 is 1.14 bits per heavy atom. The Balaban J connectivity index is 2.54. The summed E-state index contributed by atoms with van der Waals surface area (Å²) in [6, 6.07) is 6.64. The lowest BCUT2D eigenvalue weighted by atomic mass is 10.1. The number of ketones is 1. The highest BCUT2D eigenvalue weighted by molar-refractivity contribution is 5.98. The van der Waals surface area contributed by atoms with Gasteiger partial charge in [-0.05, 0) is 31.2 Å². The number of nitrogens with zero attached hydrogens (tertiary/aromatic N) is 1. The Labute approximate surface area is 123 Å². The van der Waals surface area contributed by atoms with Gasteiger partial charge in [0.2, 0.25) is 5.91 Å². The average molecular weight is 293 g/mol. The molecule has 1 amide bonds. The fourth-order valence-corrected chi connectivity index (χ4v) is 1.84. The van der Waals surface area contributed by atoms with E-state index in [1.54, 1.807) is 31.2 Å². The summed E-state index contributed by atoms with van der Waals surface area (Å²) in [6.07, 6.45) is 0.0628. The van der Waals surface area contributed by atoms with Crippen molar-refractivity contribution >= 4 is 17.7 Å². The smallest absolute Gasteiger partial charge is 0.323 e. The van der Waals surface area contributed by atoms with E-state index in [1.807, 2.05) is 0 Å². The summed E-state index contributed by atoms with van der Waals surface area (Å²) in [6.45, 7) is 1.67. The minimum atomic E-state index is -1.06. The summed E-state index contributed by atoms with van der Waals surface area (Å²) < 4.78 is 5.00. The van der Waals surface area contributed by atoms with Crippen molar-refractivity contribution < 1.29 is 24.2 Å². The van der Waals surface area contributed by atoms with Crippen LogP contribution in [0.3, 0.4) is 0 Å². The maximum absolute atomic E-state index is 12.0. The SMILES string of the molecule is CCN(CC(=O)O)C(=O)CCC(=O)c1ccc(OC)cc1. The molecular weight excluding hydrogens is 274 g/mol. The molecule has 0 aliphatic heterocycles. The second-order valence-corrected chi connectivity index (χ2v) is 4.45. The van der Waals surface area contributed by atoms with Crippen LogP contribution in [0.15, 0.2) is 24.3 Å². The first-order valence-corrected chi connectivity index (χ1v) is 6.64. The third-order valence-corrected chi connectivity index (χ3v) is 3.04. The van der Waals surface area contributed by atoms with E-state index in [1.165, 1.54) is 12.0 Å². The zero-order valence-corrected chi connectivity index (χ0v) is 12.2. The molecule has 0 aliphatic rings. The quantitative estimate of drug-likeness (QED) is 0.736. The number of hydrogen-bond acceptors (Lipinski definition) is 4. The zero-order valence-electron chi connectivity index (χ0n) is 12.2. The lowest BCUT2D eigenvalue weighted by molar-refractivity contribution is -0.144. The van der Waals surface area contributed by atoms with Crippen LogP contribution in [-0.2, 0) is 9.59 Å². The summed E-state index contributed by atoms with van der Waals surface area (Å²) >= 11 is 0. The summed E-state index contributed by atoms with van der Waals surface area (Å²) in [5.74, 6) is -0.896. The normalized spacial score (nSPS) is 10.0. The van der Waals surface area contributed by atoms with Gasteiger partial charge < -0.3 is 14.7 Å². The summed E-state index contributed by atoms with van der Waals surface area (Å²) in [5.41, 5.74) is 0.505. The number of hydrogen-bond donors (Lipinski definition) is 1. The van der Waals surface area contributed by atoms with Crippen molar-refractivity contribution in [3.8, 4) is 5.75 Å². The Bertz CT molecular complexity index is 509. The number of amides is 1. The summed E-state index contributed by atoms with van der Waals surface area (Å²) in [7, 11) is 1.54. The Morgan fingerprint density at radius 3 is 2.24 bits per heavy atom. The van der Waals surface area contributed by atoms with Crippen molar-refractivity contribution in [1.29, 1.82) is 0 Å². The first-order valence-electron chi connectivity index (χ1n) is 6.64. The lowest BCUT2D eigenvalue weighted by Gasteiger charge is -2.18. The molecule has 0 heterocycles. The van der Waals surface area contributed by atoms with Gasteiger partial charge in [-0.1, -0.05) is 0 Å². The molecule has 1 aromatic carbocycles. The second-order valence-electron chi connectivity index (χ2n) is 4.45. The number of Topliss-reactive ketones (excluding diaryl/α,β-unsaturated/α-hetero) is 1. The molecule has 0 fully saturated rings. The maximum Gasteiger partial charge on any atom is 0.323 e. The van der Waals surface area contributed by atoms with Crippen LogP contribution >= 0.6 is 0 Å². The van der Waals surface area contributed by atoms with E-state index in [4.69, 9.17) is 9.84 Å². The third-order valence-electron chi connectivity index (χ3n) is 3.04. The van der Waals surface area contributed by atoms with E-state index in [0.29, 0.717) is 17.9 Å². The monoisotopic (exact) mass is 293 g/mol. The highest BCUT2D eigenvalue weighted by Gasteiger charge is 2.16. The van der Waals surface area contributed by atoms with Gasteiger partial charge in [0, 0.05) is 24.9 Å². The number of carboxylic acid groups (broad SMARTS) is 1. The molecule has 114 valence electrons. The predicted molar refractivity (Wildman–Crippen MR) is 76.4 cm³/mol. The molecule has 6 nitrogen and oxygen atoms in total. The van der Waals surface area contributed by atoms with Crippen molar-refractivity contribution in [2.24, 2.45) is 0 Å². The van der Waals surface area contributed by atoms with Crippen LogP contribution in [0.1, 0.15) is 30.1 Å². The molecule has 0 spiro atoms. The van der Waals surface area contributed by atoms with Gasteiger partial charge in [-0.25, -0.2) is 0 Å². The highest BCUT2D eigenvalue weighted by atomic mass is 16.5. The molecule has 0 radical (unpaired) electrons. The van der Waals surface area contributed by atoms with Gasteiger partial charge in [0.25, 0.3) is 0 Å². The van der Waals surface area contributed by atoms with Crippen LogP contribution in [0, 0.1) is 0 Å². The third kappa shape index (κ3) is 5.25. The van der Waals surface area contributed by atoms with Gasteiger partial charge in [0.05, 0.1) is 7.11 Å². The minimum absolute atomic E-state index is 0.00594. The number of rotatable bonds is 8. The number of ether oxygens (including phenoxy) is 1. The van der Waals surface area contributed by atoms with E-state index < -0.39 is 5.97 Å². The van der Waals surface area contributed by atoms with Crippen LogP contribution < -0.4 is 4.74 Å². The van der Waals surface area contributed by atoms with E-state index in [-0.39, 0.29) is 31.1 Å². The number of likely N-dealkylation sites (N-methyl/N-ethyl adjacent to an activating group) is 1. The zero-order chi connectivity index (χ0) is 15.8. The number of carbonyl (C=O) groups excluding carboxylic acids is 2. The van der Waals surface area contributed by atoms with Crippen LogP contribution in [-0.4, -0.2) is 47.9 Å². The van der Waals surface area contributed by atoms with E-state index in [0.717, 1.165) is 0 Å². The first-order chi connectivity index (χ1) is 9.97. The van der Waals surface area contributed by atoms with Crippen LogP contribution in [0.25, 0.3) is 0 Å². The molecule has 0 atom stereocenters. The van der Waals surface area contributed by atoms with Gasteiger partial charge in [-0.2, -0.15) is 0 Å². The fourth-order valence-electron chi connectivity index (χ4n) is 1.84. The molecule has 0 saturated heterocycles. The predicted octanol–water partition coefficient (Wildman–Crippen LogP) is 1.59. The van der Waals surface area contributed by atoms with Crippen LogP contribution in [0.2, 0.25) is 0 Å². The van der Waals surface area contributed by atoms with Crippen molar-refractivity contribution in [1.82, 2.24) is 4.90 Å². The number of carboxylic acids is 1. The molecule has 0 aromatic heterocycles. The van der Waals surface area contributed by atoms with E-state index >= 15 is 0 Å². The van der Waals surface area contributed by atoms with Gasteiger partial charge in [0.1, 0.15) is 12.3 Å². The molecule has 6 heteroatoms. The van der Waals surface area contributed by atoms with E-state index in [2.05, 4.69) is 0 Å². The fraction of sp³-hybridized carbons (Fsp3) is 0.400. The summed E-state index contributed by atoms with van der Waals surface area (Å²) in [4.78, 5) is 35.6. The molecule has 0 saturated carbocycles. The molecule has 0 unspecified atom stereocenters. The molecule has 1 N–H and O–H groups in total.